The second-order valence-corrected chi connectivity index (χ2v) is 26.4. The van der Waals surface area contributed by atoms with Gasteiger partial charge in [0.1, 0.15) is 11.4 Å². The molecule has 281 valence electrons. The topological polar surface area (TPSA) is 56.7 Å². The van der Waals surface area contributed by atoms with Crippen molar-refractivity contribution in [2.45, 2.75) is 43.5 Å². The maximum absolute atomic E-state index is 14.4. The van der Waals surface area contributed by atoms with E-state index in [9.17, 15) is 4.39 Å². The molecule has 0 amide bonds. The molecule has 0 unspecified atom stereocenters. The summed E-state index contributed by atoms with van der Waals surface area (Å²) in [7, 11) is 0. The van der Waals surface area contributed by atoms with E-state index in [1.165, 1.54) is 22.1 Å². The molecule has 4 aromatic heterocycles. The summed E-state index contributed by atoms with van der Waals surface area (Å²) in [6, 6.07) is 48.1. The van der Waals surface area contributed by atoms with E-state index in [1.807, 2.05) is 72.9 Å². The molecule has 5 aromatic carbocycles. The van der Waals surface area contributed by atoms with Crippen LogP contribution >= 0.6 is 0 Å². The van der Waals surface area contributed by atoms with E-state index in [-0.39, 0.29) is 31.3 Å². The Kier molecular flexibility index (Phi) is 11.0. The Bertz CT molecular complexity index is 2780. The number of aromatic nitrogens is 4. The quantitative estimate of drug-likeness (QED) is 0.127. The molecule has 1 radical (unpaired) electrons. The molecule has 0 saturated heterocycles. The van der Waals surface area contributed by atoms with Crippen molar-refractivity contribution in [1.29, 1.82) is 0 Å². The molecular weight excluding hydrogens is 932 g/mol. The fourth-order valence-corrected chi connectivity index (χ4v) is 8.96. The van der Waals surface area contributed by atoms with Crippen molar-refractivity contribution in [1.82, 2.24) is 19.5 Å². The molecule has 0 N–H and O–H groups in total. The van der Waals surface area contributed by atoms with Crippen molar-refractivity contribution in [2.75, 3.05) is 0 Å². The number of rotatable bonds is 5. The molecule has 9 rings (SSSR count). The Morgan fingerprint density at radius 2 is 1.57 bits per heavy atom. The predicted octanol–water partition coefficient (Wildman–Crippen LogP) is 12.0. The Morgan fingerprint density at radius 1 is 0.768 bits per heavy atom. The number of nitrogens with zero attached hydrogens (tertiary/aromatic N) is 4. The van der Waals surface area contributed by atoms with Gasteiger partial charge in [0.2, 0.25) is 0 Å². The van der Waals surface area contributed by atoms with Gasteiger partial charge < -0.3 is 8.98 Å². The van der Waals surface area contributed by atoms with Crippen LogP contribution in [0.25, 0.3) is 72.6 Å². The van der Waals surface area contributed by atoms with Crippen LogP contribution in [0.15, 0.2) is 144 Å². The molecule has 5 nitrogen and oxygen atoms in total. The molecule has 4 heterocycles. The van der Waals surface area contributed by atoms with Crippen LogP contribution in [-0.4, -0.2) is 32.8 Å². The first-order valence-electron chi connectivity index (χ1n) is 18.5. The van der Waals surface area contributed by atoms with E-state index in [4.69, 9.17) is 9.40 Å². The van der Waals surface area contributed by atoms with Crippen molar-refractivity contribution >= 4 is 50.8 Å². The van der Waals surface area contributed by atoms with E-state index >= 15 is 0 Å². The molecule has 0 spiro atoms. The molecule has 0 atom stereocenters. The van der Waals surface area contributed by atoms with Gasteiger partial charge in [0.15, 0.2) is 0 Å². The van der Waals surface area contributed by atoms with Gasteiger partial charge in [-0.25, -0.2) is 4.39 Å². The van der Waals surface area contributed by atoms with Gasteiger partial charge >= 0.3 is 99.8 Å². The van der Waals surface area contributed by atoms with Gasteiger partial charge in [-0.05, 0) is 58.3 Å². The van der Waals surface area contributed by atoms with Crippen LogP contribution in [-0.2, 0) is 25.5 Å². The maximum atomic E-state index is 14.4. The van der Waals surface area contributed by atoms with Crippen LogP contribution in [0, 0.1) is 17.9 Å². The zero-order valence-corrected chi connectivity index (χ0v) is 36.7. The maximum Gasteiger partial charge on any atom is 0 e. The summed E-state index contributed by atoms with van der Waals surface area (Å²) in [4.78, 5) is 14.0. The molecule has 56 heavy (non-hydrogen) atoms. The summed E-state index contributed by atoms with van der Waals surface area (Å²) in [6.45, 7) is 6.63. The van der Waals surface area contributed by atoms with Gasteiger partial charge in [0.25, 0.3) is 0 Å². The van der Waals surface area contributed by atoms with Crippen LogP contribution in [0.5, 0.6) is 0 Å². The Labute approximate surface area is 343 Å². The first-order chi connectivity index (χ1) is 26.5. The standard InChI is InChI=1S/C34H25FN3O.C14H16GeN.Ir/c1-34(2,3)22-14-16-28(26(19-22)21-9-5-4-6-10-21)38-29-17-15-23(35)20-27(29)37-33(38)25-12-7-11-24-31-30(39-32(24)25)13-8-18-36-31;1-15(2,3)13-9-10-14(16-11-13)12-7-5-4-6-8-12;/h4-11,13-20H,1-3H3;4-7,9-11H,1-3H3;/q2*-1;. The van der Waals surface area contributed by atoms with Crippen molar-refractivity contribution in [3.8, 4) is 39.5 Å². The fourth-order valence-electron chi connectivity index (χ4n) is 6.79. The number of hydrogen-bond acceptors (Lipinski definition) is 4. The number of halogens is 1. The summed E-state index contributed by atoms with van der Waals surface area (Å²) < 4.78 is 24.3. The fraction of sp³-hybridized carbons (Fsp3) is 0.146. The van der Waals surface area contributed by atoms with E-state index < -0.39 is 13.3 Å². The Hall–Kier alpha value is -5.21. The van der Waals surface area contributed by atoms with Gasteiger partial charge in [-0.2, -0.15) is 0 Å². The van der Waals surface area contributed by atoms with Gasteiger partial charge in [-0.1, -0.05) is 62.7 Å². The second kappa shape index (κ2) is 15.7. The molecule has 0 bridgehead atoms. The number of pyridine rings is 2. The summed E-state index contributed by atoms with van der Waals surface area (Å²) in [5, 5.41) is 0.885. The Balaban J connectivity index is 0.000000238. The molecule has 0 aliphatic heterocycles. The van der Waals surface area contributed by atoms with Gasteiger partial charge in [0, 0.05) is 43.6 Å². The van der Waals surface area contributed by atoms with E-state index in [0.717, 1.165) is 44.5 Å². The van der Waals surface area contributed by atoms with Crippen molar-refractivity contribution in [3.05, 3.63) is 163 Å². The van der Waals surface area contributed by atoms with E-state index in [0.29, 0.717) is 28.1 Å². The Morgan fingerprint density at radius 3 is 2.29 bits per heavy atom. The first-order valence-corrected chi connectivity index (χ1v) is 25.8. The van der Waals surface area contributed by atoms with Gasteiger partial charge in [-0.3, -0.25) is 9.97 Å². The zero-order valence-electron chi connectivity index (χ0n) is 32.2. The zero-order chi connectivity index (χ0) is 38.3. The van der Waals surface area contributed by atoms with Crippen LogP contribution < -0.4 is 4.40 Å². The number of furan rings is 1. The predicted molar refractivity (Wildman–Crippen MR) is 226 cm³/mol. The van der Waals surface area contributed by atoms with Crippen molar-refractivity contribution in [3.63, 3.8) is 0 Å². The molecule has 0 fully saturated rings. The summed E-state index contributed by atoms with van der Waals surface area (Å²) in [6.07, 6.45) is 3.80. The van der Waals surface area contributed by atoms with Crippen LogP contribution in [0.2, 0.25) is 17.3 Å². The second-order valence-electron chi connectivity index (χ2n) is 15.8. The molecular formula is C48H41FGeIrN4O-2. The first kappa shape index (κ1) is 39.0. The third kappa shape index (κ3) is 7.77. The van der Waals surface area contributed by atoms with Crippen molar-refractivity contribution in [2.24, 2.45) is 0 Å². The van der Waals surface area contributed by atoms with Crippen LogP contribution in [0.3, 0.4) is 0 Å². The minimum Gasteiger partial charge on any atom is 0 e. The number of hydrogen-bond donors (Lipinski definition) is 0. The third-order valence-corrected chi connectivity index (χ3v) is 14.1. The monoisotopic (exact) mass is 975 g/mol. The molecule has 8 heteroatoms. The summed E-state index contributed by atoms with van der Waals surface area (Å²) in [5.41, 5.74) is 10.5. The number of benzene rings is 5. The molecule has 0 aliphatic carbocycles. The van der Waals surface area contributed by atoms with E-state index in [2.05, 4.69) is 107 Å². The molecule has 9 aromatic rings. The third-order valence-electron chi connectivity index (χ3n) is 9.83. The minimum absolute atomic E-state index is 0. The number of fused-ring (bicyclic) bond motifs is 4. The largest absolute Gasteiger partial charge is 0 e. The minimum atomic E-state index is -1.72. The van der Waals surface area contributed by atoms with Gasteiger partial charge in [-0.15, -0.1) is 18.2 Å². The summed E-state index contributed by atoms with van der Waals surface area (Å²) in [5.74, 6) is 7.43. The SMILES string of the molecule is CC(C)(C)c1ccc(-n2c(-c3[c-]ccc4c3oc3cccnc34)nc3cc(F)ccc32)c(-c2ccccc2)c1.[CH3][Ge]([CH3])([CH3])[c]1ccc(-c2[c-]cccc2)nc1.[Ir]. The number of imidazole rings is 1. The van der Waals surface area contributed by atoms with E-state index in [1.54, 1.807) is 12.3 Å². The molecule has 0 saturated carbocycles. The van der Waals surface area contributed by atoms with Crippen molar-refractivity contribution < 1.29 is 28.9 Å². The average molecular weight is 974 g/mol. The summed E-state index contributed by atoms with van der Waals surface area (Å²) >= 11 is -1.72. The van der Waals surface area contributed by atoms with Gasteiger partial charge in [0.05, 0.1) is 28.0 Å². The average Bonchev–Trinajstić information content (AvgIpc) is 3.76. The smallest absolute Gasteiger partial charge is 0 e. The van der Waals surface area contributed by atoms with Crippen LogP contribution in [0.4, 0.5) is 4.39 Å². The molecule has 0 aliphatic rings. The van der Waals surface area contributed by atoms with Crippen LogP contribution in [0.1, 0.15) is 26.3 Å². The normalized spacial score (nSPS) is 11.7.